The summed E-state index contributed by atoms with van der Waals surface area (Å²) in [6.45, 7) is 0. The van der Waals surface area contributed by atoms with E-state index in [1.54, 1.807) is 6.07 Å². The van der Waals surface area contributed by atoms with Crippen LogP contribution < -0.4 is 0 Å². The first-order chi connectivity index (χ1) is 8.08. The van der Waals surface area contributed by atoms with E-state index >= 15 is 0 Å². The van der Waals surface area contributed by atoms with Crippen LogP contribution in [0.25, 0.3) is 0 Å². The highest BCUT2D eigenvalue weighted by molar-refractivity contribution is 6.34. The molecule has 1 N–H and O–H groups in total. The number of aliphatic carboxylic acids is 1. The van der Waals surface area contributed by atoms with Crippen LogP contribution in [0.5, 0.6) is 0 Å². The molecule has 1 atom stereocenters. The third-order valence-electron chi connectivity index (χ3n) is 2.39. The molecule has 1 unspecified atom stereocenters. The van der Waals surface area contributed by atoms with Crippen LogP contribution in [-0.2, 0) is 9.63 Å². The zero-order valence-corrected chi connectivity index (χ0v) is 9.45. The van der Waals surface area contributed by atoms with Gasteiger partial charge in [-0.05, 0) is 12.1 Å². The van der Waals surface area contributed by atoms with Crippen molar-refractivity contribution in [1.29, 1.82) is 0 Å². The van der Waals surface area contributed by atoms with Gasteiger partial charge in [-0.1, -0.05) is 22.8 Å². The molecule has 90 valence electrons. The highest BCUT2D eigenvalue weighted by Gasteiger charge is 2.27. The minimum absolute atomic E-state index is 0.168. The summed E-state index contributed by atoms with van der Waals surface area (Å²) in [5.74, 6) is -1.47. The van der Waals surface area contributed by atoms with Gasteiger partial charge in [0, 0.05) is 6.42 Å². The van der Waals surface area contributed by atoms with E-state index in [1.165, 1.54) is 12.1 Å². The number of carboxylic acids is 1. The SMILES string of the molecule is O=C(O)CC1CC(c2c(F)cccc2Cl)=NO1. The van der Waals surface area contributed by atoms with Gasteiger partial charge in [0.15, 0.2) is 0 Å². The number of halogens is 2. The molecule has 2 rings (SSSR count). The molecule has 0 bridgehead atoms. The average molecular weight is 258 g/mol. The summed E-state index contributed by atoms with van der Waals surface area (Å²) in [5.41, 5.74) is 0.529. The molecule has 0 amide bonds. The van der Waals surface area contributed by atoms with Crippen LogP contribution in [-0.4, -0.2) is 22.9 Å². The molecule has 0 fully saturated rings. The first-order valence-corrected chi connectivity index (χ1v) is 5.34. The van der Waals surface area contributed by atoms with Crippen LogP contribution in [0.1, 0.15) is 18.4 Å². The van der Waals surface area contributed by atoms with E-state index in [2.05, 4.69) is 5.16 Å². The van der Waals surface area contributed by atoms with Gasteiger partial charge in [-0.15, -0.1) is 0 Å². The third-order valence-corrected chi connectivity index (χ3v) is 2.70. The normalized spacial score (nSPS) is 18.7. The van der Waals surface area contributed by atoms with Crippen LogP contribution in [0.4, 0.5) is 4.39 Å². The van der Waals surface area contributed by atoms with E-state index in [0.717, 1.165) is 0 Å². The number of nitrogens with zero attached hydrogens (tertiary/aromatic N) is 1. The Labute approximate surface area is 102 Å². The van der Waals surface area contributed by atoms with Gasteiger partial charge in [-0.2, -0.15) is 0 Å². The number of oxime groups is 1. The number of carboxylic acid groups (broad SMARTS) is 1. The minimum Gasteiger partial charge on any atom is -0.481 e. The van der Waals surface area contributed by atoms with Crippen LogP contribution >= 0.6 is 11.6 Å². The molecule has 4 nitrogen and oxygen atoms in total. The monoisotopic (exact) mass is 257 g/mol. The predicted octanol–water partition coefficient (Wildman–Crippen LogP) is 2.45. The van der Waals surface area contributed by atoms with Gasteiger partial charge in [-0.3, -0.25) is 4.79 Å². The fourth-order valence-electron chi connectivity index (χ4n) is 1.65. The highest BCUT2D eigenvalue weighted by Crippen LogP contribution is 2.26. The molecule has 0 spiro atoms. The Kier molecular flexibility index (Phi) is 3.28. The molecular formula is C11H9ClFNO3. The van der Waals surface area contributed by atoms with Crippen molar-refractivity contribution in [3.05, 3.63) is 34.6 Å². The molecule has 0 aliphatic carbocycles. The van der Waals surface area contributed by atoms with Crippen LogP contribution in [0.15, 0.2) is 23.4 Å². The van der Waals surface area contributed by atoms with Crippen molar-refractivity contribution in [1.82, 2.24) is 0 Å². The third kappa shape index (κ3) is 2.55. The number of hydrogen-bond acceptors (Lipinski definition) is 3. The molecule has 0 radical (unpaired) electrons. The molecule has 0 aromatic heterocycles. The molecular weight excluding hydrogens is 249 g/mol. The Balaban J connectivity index is 2.18. The lowest BCUT2D eigenvalue weighted by Crippen LogP contribution is -2.14. The Morgan fingerprint density at radius 2 is 2.41 bits per heavy atom. The molecule has 1 aromatic carbocycles. The second-order valence-electron chi connectivity index (χ2n) is 3.66. The largest absolute Gasteiger partial charge is 0.481 e. The molecule has 1 heterocycles. The highest BCUT2D eigenvalue weighted by atomic mass is 35.5. The predicted molar refractivity (Wildman–Crippen MR) is 59.7 cm³/mol. The summed E-state index contributed by atoms with van der Waals surface area (Å²) < 4.78 is 13.6. The van der Waals surface area contributed by atoms with E-state index < -0.39 is 17.9 Å². The first-order valence-electron chi connectivity index (χ1n) is 4.97. The summed E-state index contributed by atoms with van der Waals surface area (Å²) in [5, 5.41) is 12.5. The summed E-state index contributed by atoms with van der Waals surface area (Å²) in [6.07, 6.45) is -0.482. The number of carbonyl (C=O) groups is 1. The van der Waals surface area contributed by atoms with Gasteiger partial charge in [0.2, 0.25) is 0 Å². The zero-order chi connectivity index (χ0) is 12.4. The van der Waals surface area contributed by atoms with Gasteiger partial charge in [0.1, 0.15) is 11.9 Å². The summed E-state index contributed by atoms with van der Waals surface area (Å²) in [4.78, 5) is 15.4. The summed E-state index contributed by atoms with van der Waals surface area (Å²) in [7, 11) is 0. The van der Waals surface area contributed by atoms with Gasteiger partial charge in [0.25, 0.3) is 0 Å². The first kappa shape index (κ1) is 11.9. The standard InChI is InChI=1S/C11H9ClFNO3/c12-7-2-1-3-8(13)11(7)9-4-6(17-14-9)5-10(15)16/h1-3,6H,4-5H2,(H,15,16). The topological polar surface area (TPSA) is 58.9 Å². The maximum absolute atomic E-state index is 13.6. The van der Waals surface area contributed by atoms with Crippen LogP contribution in [0.2, 0.25) is 5.02 Å². The smallest absolute Gasteiger partial charge is 0.307 e. The van der Waals surface area contributed by atoms with Crippen LogP contribution in [0, 0.1) is 5.82 Å². The van der Waals surface area contributed by atoms with Crippen molar-refractivity contribution in [2.75, 3.05) is 0 Å². The molecule has 0 saturated carbocycles. The molecule has 1 aromatic rings. The number of benzene rings is 1. The maximum Gasteiger partial charge on any atom is 0.307 e. The van der Waals surface area contributed by atoms with Gasteiger partial charge < -0.3 is 9.94 Å². The number of hydrogen-bond donors (Lipinski definition) is 1. The Morgan fingerprint density at radius 1 is 1.65 bits per heavy atom. The molecule has 1 aliphatic rings. The van der Waals surface area contributed by atoms with E-state index in [-0.39, 0.29) is 23.4 Å². The van der Waals surface area contributed by atoms with E-state index in [0.29, 0.717) is 5.71 Å². The van der Waals surface area contributed by atoms with Crippen molar-refractivity contribution in [2.45, 2.75) is 18.9 Å². The van der Waals surface area contributed by atoms with Gasteiger partial charge in [-0.25, -0.2) is 4.39 Å². The second-order valence-corrected chi connectivity index (χ2v) is 4.07. The Bertz CT molecular complexity index is 469. The molecule has 1 aliphatic heterocycles. The van der Waals surface area contributed by atoms with Crippen LogP contribution in [0.3, 0.4) is 0 Å². The van der Waals surface area contributed by atoms with Crippen molar-refractivity contribution in [3.63, 3.8) is 0 Å². The van der Waals surface area contributed by atoms with E-state index in [4.69, 9.17) is 21.5 Å². The lowest BCUT2D eigenvalue weighted by Gasteiger charge is -2.05. The van der Waals surface area contributed by atoms with E-state index in [9.17, 15) is 9.18 Å². The van der Waals surface area contributed by atoms with E-state index in [1.807, 2.05) is 0 Å². The number of rotatable bonds is 3. The fraction of sp³-hybridized carbons (Fsp3) is 0.273. The minimum atomic E-state index is -0.980. The Hall–Kier alpha value is -1.62. The summed E-state index contributed by atoms with van der Waals surface area (Å²) >= 11 is 5.87. The second kappa shape index (κ2) is 4.71. The molecule has 6 heteroatoms. The fourth-order valence-corrected chi connectivity index (χ4v) is 1.93. The molecule has 17 heavy (non-hydrogen) atoms. The van der Waals surface area contributed by atoms with Crippen molar-refractivity contribution >= 4 is 23.3 Å². The van der Waals surface area contributed by atoms with Gasteiger partial charge >= 0.3 is 5.97 Å². The lowest BCUT2D eigenvalue weighted by atomic mass is 10.0. The van der Waals surface area contributed by atoms with Gasteiger partial charge in [0.05, 0.1) is 22.7 Å². The Morgan fingerprint density at radius 3 is 3.06 bits per heavy atom. The average Bonchev–Trinajstić information content (AvgIpc) is 2.65. The maximum atomic E-state index is 13.6. The zero-order valence-electron chi connectivity index (χ0n) is 8.69. The van der Waals surface area contributed by atoms with Crippen molar-refractivity contribution in [2.24, 2.45) is 5.16 Å². The summed E-state index contributed by atoms with van der Waals surface area (Å²) in [6, 6.07) is 4.31. The van der Waals surface area contributed by atoms with Crippen molar-refractivity contribution < 1.29 is 19.1 Å². The quantitative estimate of drug-likeness (QED) is 0.905. The van der Waals surface area contributed by atoms with Crippen molar-refractivity contribution in [3.8, 4) is 0 Å². The molecule has 0 saturated heterocycles. The lowest BCUT2D eigenvalue weighted by molar-refractivity contribution is -0.139.